The molecular weight excluding hydrogens is 490 g/mol. The van der Waals surface area contributed by atoms with E-state index in [9.17, 15) is 4.79 Å². The van der Waals surface area contributed by atoms with Crippen molar-refractivity contribution in [3.8, 4) is 23.1 Å². The van der Waals surface area contributed by atoms with Crippen molar-refractivity contribution in [2.24, 2.45) is 0 Å². The zero-order valence-electron chi connectivity index (χ0n) is 22.5. The molecule has 4 aromatic rings. The van der Waals surface area contributed by atoms with Gasteiger partial charge in [0.2, 0.25) is 17.5 Å². The summed E-state index contributed by atoms with van der Waals surface area (Å²) in [5, 5.41) is 8.36. The minimum absolute atomic E-state index is 0.0191. The maximum Gasteiger partial charge on any atom is 0.426 e. The Morgan fingerprint density at radius 1 is 1.05 bits per heavy atom. The number of fused-ring (bicyclic) bond motifs is 1. The van der Waals surface area contributed by atoms with Crippen LogP contribution in [0.15, 0.2) is 73.1 Å². The number of anilines is 2. The number of methoxy groups -OCH3 is 1. The van der Waals surface area contributed by atoms with E-state index in [1.165, 1.54) is 6.20 Å². The van der Waals surface area contributed by atoms with Gasteiger partial charge in [-0.1, -0.05) is 57.2 Å². The molecule has 0 aliphatic carbocycles. The second-order valence-corrected chi connectivity index (χ2v) is 8.14. The number of carbonyl (C=O) groups is 1. The summed E-state index contributed by atoms with van der Waals surface area (Å²) in [5.74, 6) is 0.756. The minimum Gasteiger partial charge on any atom is -0.481 e. The van der Waals surface area contributed by atoms with Crippen molar-refractivity contribution < 1.29 is 14.1 Å². The first-order valence-electron chi connectivity index (χ1n) is 12.6. The van der Waals surface area contributed by atoms with Crippen molar-refractivity contribution in [1.82, 2.24) is 15.0 Å². The Balaban J connectivity index is 0.000000294. The number of pyridine rings is 1. The molecule has 0 radical (unpaired) electrons. The Morgan fingerprint density at radius 3 is 2.44 bits per heavy atom. The van der Waals surface area contributed by atoms with Crippen LogP contribution in [0.1, 0.15) is 48.7 Å². The topological polar surface area (TPSA) is 144 Å². The van der Waals surface area contributed by atoms with E-state index in [2.05, 4.69) is 21.9 Å². The quantitative estimate of drug-likeness (QED) is 0.349. The highest BCUT2D eigenvalue weighted by atomic mass is 16.5. The Morgan fingerprint density at radius 2 is 1.79 bits per heavy atom. The number of hydrogen-bond donors (Lipinski definition) is 2. The van der Waals surface area contributed by atoms with Gasteiger partial charge in [-0.15, -0.1) is 4.58 Å². The van der Waals surface area contributed by atoms with E-state index >= 15 is 0 Å². The van der Waals surface area contributed by atoms with Crippen molar-refractivity contribution in [1.29, 1.82) is 5.26 Å². The van der Waals surface area contributed by atoms with Gasteiger partial charge in [0.1, 0.15) is 23.0 Å². The van der Waals surface area contributed by atoms with Crippen LogP contribution in [0.3, 0.4) is 0 Å². The average Bonchev–Trinajstić information content (AvgIpc) is 2.98. The third kappa shape index (κ3) is 6.43. The normalized spacial score (nSPS) is 11.7. The number of hydrogen-bond acceptors (Lipinski definition) is 8. The first kappa shape index (κ1) is 28.5. The highest BCUT2D eigenvalue weighted by Gasteiger charge is 2.36. The molecule has 9 nitrogen and oxygen atoms in total. The number of nitrogens with two attached hydrogens (primary N) is 2. The molecule has 0 fully saturated rings. The number of benzene rings is 2. The molecule has 0 bridgehead atoms. The van der Waals surface area contributed by atoms with Crippen molar-refractivity contribution in [3.63, 3.8) is 0 Å². The Kier molecular flexibility index (Phi) is 9.82. The van der Waals surface area contributed by atoms with E-state index in [0.29, 0.717) is 5.88 Å². The molecule has 2 aromatic heterocycles. The second-order valence-electron chi connectivity index (χ2n) is 8.14. The monoisotopic (exact) mass is 522 g/mol. The summed E-state index contributed by atoms with van der Waals surface area (Å²) in [6.07, 6.45) is 4.59. The predicted octanol–water partition coefficient (Wildman–Crippen LogP) is 5.19. The van der Waals surface area contributed by atoms with Crippen molar-refractivity contribution >= 4 is 29.1 Å². The lowest BCUT2D eigenvalue weighted by atomic mass is 9.89. The molecule has 4 N–H and O–H groups in total. The summed E-state index contributed by atoms with van der Waals surface area (Å²) in [5.41, 5.74) is 16.4. The van der Waals surface area contributed by atoms with Crippen LogP contribution in [-0.2, 0) is 6.42 Å². The SMILES string of the molecule is CC.CCC1=[N+](c2ccccc2)C(=O)c2c(cccc2-c2ccnc(OC)c2)C1.N#Cc1cnc(N)nc1N. The van der Waals surface area contributed by atoms with Crippen molar-refractivity contribution in [3.05, 3.63) is 89.7 Å². The summed E-state index contributed by atoms with van der Waals surface area (Å²) < 4.78 is 7.13. The molecule has 1 aliphatic rings. The summed E-state index contributed by atoms with van der Waals surface area (Å²) in [7, 11) is 1.59. The largest absolute Gasteiger partial charge is 0.481 e. The van der Waals surface area contributed by atoms with E-state index in [4.69, 9.17) is 21.5 Å². The van der Waals surface area contributed by atoms with E-state index in [1.54, 1.807) is 13.3 Å². The molecule has 9 heteroatoms. The predicted molar refractivity (Wildman–Crippen MR) is 153 cm³/mol. The minimum atomic E-state index is 0.0191. The van der Waals surface area contributed by atoms with Crippen LogP contribution in [0.2, 0.25) is 0 Å². The fourth-order valence-electron chi connectivity index (χ4n) is 4.14. The molecule has 5 rings (SSSR count). The molecule has 0 saturated carbocycles. The van der Waals surface area contributed by atoms with E-state index in [1.807, 2.05) is 85.2 Å². The number of para-hydroxylation sites is 1. The number of ether oxygens (including phenoxy) is 1. The van der Waals surface area contributed by atoms with Crippen LogP contribution in [0.4, 0.5) is 17.5 Å². The van der Waals surface area contributed by atoms with Gasteiger partial charge in [-0.2, -0.15) is 10.2 Å². The third-order valence-electron chi connectivity index (χ3n) is 5.91. The summed E-state index contributed by atoms with van der Waals surface area (Å²) in [4.78, 5) is 24.9. The fraction of sp³-hybridized carbons (Fsp3) is 0.200. The molecule has 2 aromatic carbocycles. The smallest absolute Gasteiger partial charge is 0.426 e. The van der Waals surface area contributed by atoms with E-state index in [0.717, 1.165) is 46.5 Å². The Labute approximate surface area is 228 Å². The number of amides is 1. The van der Waals surface area contributed by atoms with Gasteiger partial charge in [-0.25, -0.2) is 14.8 Å². The summed E-state index contributed by atoms with van der Waals surface area (Å²) >= 11 is 0. The number of nitriles is 1. The van der Waals surface area contributed by atoms with Gasteiger partial charge in [0.15, 0.2) is 5.71 Å². The van der Waals surface area contributed by atoms with Crippen LogP contribution in [0, 0.1) is 11.3 Å². The number of aromatic nitrogens is 3. The number of carbonyl (C=O) groups excluding carboxylic acids is 1. The van der Waals surface area contributed by atoms with Gasteiger partial charge in [0.25, 0.3) is 0 Å². The zero-order chi connectivity index (χ0) is 28.4. The van der Waals surface area contributed by atoms with Gasteiger partial charge in [-0.3, -0.25) is 0 Å². The number of rotatable bonds is 4. The van der Waals surface area contributed by atoms with Crippen LogP contribution in [0.25, 0.3) is 11.1 Å². The van der Waals surface area contributed by atoms with E-state index < -0.39 is 0 Å². The zero-order valence-corrected chi connectivity index (χ0v) is 22.5. The molecule has 1 amide bonds. The first-order chi connectivity index (χ1) is 19.0. The molecule has 198 valence electrons. The highest BCUT2D eigenvalue weighted by molar-refractivity contribution is 6.05. The van der Waals surface area contributed by atoms with Crippen LogP contribution >= 0.6 is 0 Å². The molecule has 0 saturated heterocycles. The second kappa shape index (κ2) is 13.4. The van der Waals surface area contributed by atoms with Crippen LogP contribution in [-0.4, -0.2) is 38.3 Å². The maximum atomic E-state index is 13.6. The molecule has 39 heavy (non-hydrogen) atoms. The van der Waals surface area contributed by atoms with E-state index in [-0.39, 0.29) is 23.2 Å². The molecule has 3 heterocycles. The standard InChI is InChI=1S/C23H21N2O2.C5H5N5.C2H6/c1-3-18-14-17-8-7-11-20(16-12-13-24-21(15-16)27-2)22(17)23(26)25(18)19-9-5-4-6-10-19;6-1-3-2-9-5(8)10-4(3)7;1-2/h4-13,15H,3,14H2,1-2H3;2H,(H4,7,8,9,10);1-2H3/q+1;;. The van der Waals surface area contributed by atoms with Gasteiger partial charge in [0, 0.05) is 30.8 Å². The lowest BCUT2D eigenvalue weighted by molar-refractivity contribution is -0.339. The number of nitrogens with zero attached hydrogens (tertiary/aromatic N) is 5. The lowest BCUT2D eigenvalue weighted by Crippen LogP contribution is -2.31. The lowest BCUT2D eigenvalue weighted by Gasteiger charge is -2.18. The highest BCUT2D eigenvalue weighted by Crippen LogP contribution is 2.33. The summed E-state index contributed by atoms with van der Waals surface area (Å²) in [6.45, 7) is 6.10. The van der Waals surface area contributed by atoms with Gasteiger partial charge >= 0.3 is 5.91 Å². The van der Waals surface area contributed by atoms with Gasteiger partial charge in [-0.05, 0) is 22.8 Å². The van der Waals surface area contributed by atoms with Crippen LogP contribution < -0.4 is 16.2 Å². The number of nitrogen functional groups attached to an aromatic ring is 2. The van der Waals surface area contributed by atoms with Gasteiger partial charge in [0.05, 0.1) is 19.7 Å². The average molecular weight is 523 g/mol. The fourth-order valence-corrected chi connectivity index (χ4v) is 4.14. The molecule has 0 atom stereocenters. The van der Waals surface area contributed by atoms with Crippen molar-refractivity contribution in [2.45, 2.75) is 33.6 Å². The van der Waals surface area contributed by atoms with Crippen LogP contribution in [0.5, 0.6) is 5.88 Å². The molecular formula is C30H32N7O2+. The molecule has 0 spiro atoms. The third-order valence-corrected chi connectivity index (χ3v) is 5.91. The van der Waals surface area contributed by atoms with Gasteiger partial charge < -0.3 is 16.2 Å². The Hall–Kier alpha value is -5.10. The maximum absolute atomic E-state index is 13.6. The first-order valence-corrected chi connectivity index (χ1v) is 12.6. The molecule has 1 aliphatic heterocycles. The Bertz CT molecular complexity index is 1530. The molecule has 0 unspecified atom stereocenters. The summed E-state index contributed by atoms with van der Waals surface area (Å²) in [6, 6.07) is 21.5. The van der Waals surface area contributed by atoms with Crippen molar-refractivity contribution in [2.75, 3.05) is 18.6 Å².